The molecular weight excluding hydrogens is 410 g/mol. The summed E-state index contributed by atoms with van der Waals surface area (Å²) in [5.74, 6) is -0.581. The number of hydrogen-bond donors (Lipinski definition) is 1. The summed E-state index contributed by atoms with van der Waals surface area (Å²) in [6.07, 6.45) is 0.608. The van der Waals surface area contributed by atoms with Crippen molar-refractivity contribution in [3.8, 4) is 11.5 Å². The van der Waals surface area contributed by atoms with Crippen molar-refractivity contribution in [2.75, 3.05) is 27.4 Å². The predicted molar refractivity (Wildman–Crippen MR) is 121 cm³/mol. The molecule has 0 saturated carbocycles. The highest BCUT2D eigenvalue weighted by atomic mass is 16.5. The van der Waals surface area contributed by atoms with Gasteiger partial charge in [0.05, 0.1) is 31.9 Å². The summed E-state index contributed by atoms with van der Waals surface area (Å²) >= 11 is 0. The summed E-state index contributed by atoms with van der Waals surface area (Å²) in [6.45, 7) is 4.61. The van der Waals surface area contributed by atoms with E-state index in [1.165, 1.54) is 19.1 Å². The Morgan fingerprint density at radius 1 is 1.06 bits per heavy atom. The molecule has 32 heavy (non-hydrogen) atoms. The number of Topliss-reactive ketones (excluding diaryl/α,β-unsaturated/α-hetero) is 1. The van der Waals surface area contributed by atoms with E-state index in [2.05, 4.69) is 0 Å². The van der Waals surface area contributed by atoms with Crippen molar-refractivity contribution in [2.24, 2.45) is 0 Å². The molecule has 7 nitrogen and oxygen atoms in total. The summed E-state index contributed by atoms with van der Waals surface area (Å²) in [4.78, 5) is 27.6. The molecule has 0 radical (unpaired) electrons. The van der Waals surface area contributed by atoms with E-state index in [-0.39, 0.29) is 24.0 Å². The van der Waals surface area contributed by atoms with Crippen molar-refractivity contribution in [1.29, 1.82) is 0 Å². The smallest absolute Gasteiger partial charge is 0.295 e. The molecule has 1 heterocycles. The number of nitrogens with zero attached hydrogens (tertiary/aromatic N) is 1. The van der Waals surface area contributed by atoms with Crippen LogP contribution in [-0.4, -0.2) is 55.2 Å². The summed E-state index contributed by atoms with van der Waals surface area (Å²) in [5.41, 5.74) is 1.05. The van der Waals surface area contributed by atoms with Crippen LogP contribution in [0.25, 0.3) is 5.76 Å². The van der Waals surface area contributed by atoms with Gasteiger partial charge >= 0.3 is 0 Å². The summed E-state index contributed by atoms with van der Waals surface area (Å²) in [7, 11) is 3.06. The second-order valence-electron chi connectivity index (χ2n) is 7.74. The largest absolute Gasteiger partial charge is 0.507 e. The minimum Gasteiger partial charge on any atom is -0.507 e. The number of likely N-dealkylation sites (tertiary alicyclic amines) is 1. The van der Waals surface area contributed by atoms with Crippen molar-refractivity contribution in [2.45, 2.75) is 32.4 Å². The number of aliphatic hydroxyl groups is 1. The topological polar surface area (TPSA) is 85.3 Å². The van der Waals surface area contributed by atoms with E-state index < -0.39 is 17.7 Å². The lowest BCUT2D eigenvalue weighted by Gasteiger charge is -2.27. The highest BCUT2D eigenvalue weighted by Gasteiger charge is 2.47. The molecule has 0 aromatic heterocycles. The Labute approximate surface area is 188 Å². The maximum absolute atomic E-state index is 13.1. The maximum atomic E-state index is 13.1. The molecular formula is C25H29NO6. The van der Waals surface area contributed by atoms with Gasteiger partial charge in [0, 0.05) is 24.3 Å². The molecule has 1 aliphatic rings. The zero-order chi connectivity index (χ0) is 23.3. The number of benzene rings is 2. The number of hydrogen-bond acceptors (Lipinski definition) is 6. The molecule has 1 amide bonds. The van der Waals surface area contributed by atoms with Crippen LogP contribution in [0.3, 0.4) is 0 Å². The molecule has 170 valence electrons. The summed E-state index contributed by atoms with van der Waals surface area (Å²) in [6, 6.07) is 13.1. The van der Waals surface area contributed by atoms with Crippen LogP contribution < -0.4 is 9.47 Å². The minimum absolute atomic E-state index is 0.0255. The zero-order valence-electron chi connectivity index (χ0n) is 18.8. The van der Waals surface area contributed by atoms with Gasteiger partial charge in [-0.1, -0.05) is 30.3 Å². The van der Waals surface area contributed by atoms with Crippen LogP contribution in [0.1, 0.15) is 37.4 Å². The zero-order valence-corrected chi connectivity index (χ0v) is 18.8. The SMILES string of the molecule is COc1ccc(OC)c([C@@H]2C(=C(O)c3ccccc3)C(=O)C(=O)N2CCCOC(C)C)c1. The Morgan fingerprint density at radius 2 is 1.78 bits per heavy atom. The number of aliphatic hydroxyl groups excluding tert-OH is 1. The summed E-state index contributed by atoms with van der Waals surface area (Å²) in [5, 5.41) is 11.1. The fourth-order valence-corrected chi connectivity index (χ4v) is 3.79. The van der Waals surface area contributed by atoms with Crippen molar-refractivity contribution >= 4 is 17.4 Å². The molecule has 1 N–H and O–H groups in total. The molecule has 2 aromatic rings. The van der Waals surface area contributed by atoms with E-state index in [1.807, 2.05) is 19.9 Å². The molecule has 1 atom stereocenters. The Bertz CT molecular complexity index is 999. The van der Waals surface area contributed by atoms with E-state index in [0.29, 0.717) is 35.7 Å². The Kier molecular flexibility index (Phi) is 7.53. The first-order valence-electron chi connectivity index (χ1n) is 10.6. The van der Waals surface area contributed by atoms with Crippen LogP contribution in [0.4, 0.5) is 0 Å². The van der Waals surface area contributed by atoms with Gasteiger partial charge in [0.2, 0.25) is 0 Å². The van der Waals surface area contributed by atoms with Crippen molar-refractivity contribution in [1.82, 2.24) is 4.90 Å². The third-order valence-corrected chi connectivity index (χ3v) is 5.31. The number of carbonyl (C=O) groups is 2. The molecule has 2 aromatic carbocycles. The van der Waals surface area contributed by atoms with Crippen LogP contribution in [0.15, 0.2) is 54.1 Å². The van der Waals surface area contributed by atoms with Crippen molar-refractivity contribution in [3.63, 3.8) is 0 Å². The first-order chi connectivity index (χ1) is 15.4. The number of rotatable bonds is 9. The fourth-order valence-electron chi connectivity index (χ4n) is 3.79. The second-order valence-corrected chi connectivity index (χ2v) is 7.74. The van der Waals surface area contributed by atoms with E-state index in [0.717, 1.165) is 0 Å². The molecule has 0 spiro atoms. The average Bonchev–Trinajstić information content (AvgIpc) is 3.06. The maximum Gasteiger partial charge on any atom is 0.295 e. The highest BCUT2D eigenvalue weighted by Crippen LogP contribution is 2.43. The Hall–Kier alpha value is -3.32. The van der Waals surface area contributed by atoms with Gasteiger partial charge in [-0.2, -0.15) is 0 Å². The third kappa shape index (κ3) is 4.78. The van der Waals surface area contributed by atoms with E-state index in [1.54, 1.807) is 42.5 Å². The van der Waals surface area contributed by atoms with Crippen molar-refractivity contribution in [3.05, 3.63) is 65.2 Å². The van der Waals surface area contributed by atoms with Gasteiger partial charge in [0.25, 0.3) is 11.7 Å². The summed E-state index contributed by atoms with van der Waals surface area (Å²) < 4.78 is 16.5. The van der Waals surface area contributed by atoms with Crippen LogP contribution in [0, 0.1) is 0 Å². The Balaban J connectivity index is 2.12. The van der Waals surface area contributed by atoms with Crippen LogP contribution in [0.2, 0.25) is 0 Å². The number of carbonyl (C=O) groups excluding carboxylic acids is 2. The van der Waals surface area contributed by atoms with Gasteiger partial charge in [0.1, 0.15) is 17.3 Å². The predicted octanol–water partition coefficient (Wildman–Crippen LogP) is 3.94. The van der Waals surface area contributed by atoms with Crippen LogP contribution in [-0.2, 0) is 14.3 Å². The molecule has 3 rings (SSSR count). The number of amides is 1. The number of methoxy groups -OCH3 is 2. The monoisotopic (exact) mass is 439 g/mol. The van der Waals surface area contributed by atoms with Gasteiger partial charge in [0.15, 0.2) is 0 Å². The molecule has 0 aliphatic carbocycles. The van der Waals surface area contributed by atoms with Gasteiger partial charge in [-0.15, -0.1) is 0 Å². The van der Waals surface area contributed by atoms with Gasteiger partial charge < -0.3 is 24.2 Å². The molecule has 0 bridgehead atoms. The molecule has 1 fully saturated rings. The van der Waals surface area contributed by atoms with Gasteiger partial charge in [-0.25, -0.2) is 0 Å². The lowest BCUT2D eigenvalue weighted by molar-refractivity contribution is -0.140. The van der Waals surface area contributed by atoms with E-state index >= 15 is 0 Å². The molecule has 1 aliphatic heterocycles. The van der Waals surface area contributed by atoms with E-state index in [4.69, 9.17) is 14.2 Å². The third-order valence-electron chi connectivity index (χ3n) is 5.31. The molecule has 7 heteroatoms. The quantitative estimate of drug-likeness (QED) is 0.276. The van der Waals surface area contributed by atoms with Crippen LogP contribution in [0.5, 0.6) is 11.5 Å². The van der Waals surface area contributed by atoms with Gasteiger partial charge in [-0.3, -0.25) is 9.59 Å². The fraction of sp³-hybridized carbons (Fsp3) is 0.360. The van der Waals surface area contributed by atoms with Gasteiger partial charge in [-0.05, 0) is 38.5 Å². The standard InChI is InChI=1S/C25H29NO6/c1-16(2)32-14-8-13-26-22(19-15-18(30-3)11-12-20(19)31-4)21(24(28)25(26)29)23(27)17-9-6-5-7-10-17/h5-7,9-12,15-16,22,27H,8,13-14H2,1-4H3/t22-/m1/s1. The highest BCUT2D eigenvalue weighted by molar-refractivity contribution is 6.46. The van der Waals surface area contributed by atoms with Crippen molar-refractivity contribution < 1.29 is 28.9 Å². The van der Waals surface area contributed by atoms with E-state index in [9.17, 15) is 14.7 Å². The number of ether oxygens (including phenoxy) is 3. The Morgan fingerprint density at radius 3 is 2.41 bits per heavy atom. The lowest BCUT2D eigenvalue weighted by Crippen LogP contribution is -2.31. The van der Waals surface area contributed by atoms with Crippen LogP contribution >= 0.6 is 0 Å². The second kappa shape index (κ2) is 10.3. The number of ketones is 1. The minimum atomic E-state index is -0.820. The first kappa shape index (κ1) is 23.3. The molecule has 1 saturated heterocycles. The average molecular weight is 440 g/mol. The first-order valence-corrected chi connectivity index (χ1v) is 10.6. The lowest BCUT2D eigenvalue weighted by atomic mass is 9.94. The molecule has 0 unspecified atom stereocenters. The normalized spacial score (nSPS) is 17.8.